The van der Waals surface area contributed by atoms with Crippen LogP contribution in [0.3, 0.4) is 0 Å². The average Bonchev–Trinajstić information content (AvgIpc) is 2.84. The summed E-state index contributed by atoms with van der Waals surface area (Å²) in [5.74, 6) is 0.997. The van der Waals surface area contributed by atoms with Gasteiger partial charge in [0.1, 0.15) is 12.2 Å². The van der Waals surface area contributed by atoms with Crippen LogP contribution in [-0.4, -0.2) is 26.5 Å². The lowest BCUT2D eigenvalue weighted by atomic mass is 9.95. The number of hydrogen-bond acceptors (Lipinski definition) is 3. The Bertz CT molecular complexity index is 534. The highest BCUT2D eigenvalue weighted by Crippen LogP contribution is 2.21. The van der Waals surface area contributed by atoms with Crippen LogP contribution in [-0.2, 0) is 6.42 Å². The van der Waals surface area contributed by atoms with E-state index in [9.17, 15) is 5.11 Å². The van der Waals surface area contributed by atoms with E-state index in [1.165, 1.54) is 5.56 Å². The Kier molecular flexibility index (Phi) is 4.32. The molecule has 0 fully saturated rings. The molecular weight excluding hydrogens is 238 g/mol. The first-order valence-corrected chi connectivity index (χ1v) is 6.67. The topological polar surface area (TPSA) is 50.9 Å². The van der Waals surface area contributed by atoms with Crippen LogP contribution in [0.4, 0.5) is 0 Å². The van der Waals surface area contributed by atoms with Crippen LogP contribution in [0, 0.1) is 6.92 Å². The van der Waals surface area contributed by atoms with Crippen LogP contribution in [0.5, 0.6) is 0 Å². The van der Waals surface area contributed by atoms with Crippen molar-refractivity contribution >= 4 is 0 Å². The maximum atomic E-state index is 9.64. The molecule has 1 N–H and O–H groups in total. The van der Waals surface area contributed by atoms with Gasteiger partial charge in [0.2, 0.25) is 0 Å². The summed E-state index contributed by atoms with van der Waals surface area (Å²) in [7, 11) is 0. The van der Waals surface area contributed by atoms with Gasteiger partial charge in [0.15, 0.2) is 0 Å². The van der Waals surface area contributed by atoms with Crippen molar-refractivity contribution in [1.82, 2.24) is 14.8 Å². The molecule has 0 aliphatic carbocycles. The molecule has 2 aromatic rings. The van der Waals surface area contributed by atoms with Crippen LogP contribution in [0.1, 0.15) is 42.8 Å². The predicted octanol–water partition coefficient (Wildman–Crippen LogP) is 2.49. The van der Waals surface area contributed by atoms with E-state index in [4.69, 9.17) is 0 Å². The minimum absolute atomic E-state index is 0.0709. The first-order valence-electron chi connectivity index (χ1n) is 6.67. The Morgan fingerprint density at radius 1 is 1.32 bits per heavy atom. The Morgan fingerprint density at radius 3 is 2.74 bits per heavy atom. The number of rotatable bonds is 5. The van der Waals surface area contributed by atoms with Crippen molar-refractivity contribution < 1.29 is 5.11 Å². The van der Waals surface area contributed by atoms with Gasteiger partial charge in [-0.3, -0.25) is 0 Å². The van der Waals surface area contributed by atoms with Gasteiger partial charge in [0.25, 0.3) is 0 Å². The molecule has 0 saturated carbocycles. The van der Waals surface area contributed by atoms with Crippen LogP contribution < -0.4 is 0 Å². The van der Waals surface area contributed by atoms with Gasteiger partial charge in [0.05, 0.1) is 6.61 Å². The Hall–Kier alpha value is -1.68. The minimum atomic E-state index is 0.0709. The quantitative estimate of drug-likeness (QED) is 0.897. The van der Waals surface area contributed by atoms with Crippen molar-refractivity contribution in [2.24, 2.45) is 0 Å². The van der Waals surface area contributed by atoms with Crippen LogP contribution in [0.2, 0.25) is 0 Å². The zero-order valence-corrected chi connectivity index (χ0v) is 11.7. The van der Waals surface area contributed by atoms with Crippen molar-refractivity contribution in [1.29, 1.82) is 0 Å². The first-order chi connectivity index (χ1) is 9.11. The molecule has 1 atom stereocenters. The fourth-order valence-corrected chi connectivity index (χ4v) is 2.28. The van der Waals surface area contributed by atoms with Crippen LogP contribution >= 0.6 is 0 Å². The van der Waals surface area contributed by atoms with Gasteiger partial charge in [-0.15, -0.1) is 0 Å². The van der Waals surface area contributed by atoms with E-state index in [0.717, 1.165) is 11.4 Å². The molecule has 102 valence electrons. The maximum Gasteiger partial charge on any atom is 0.138 e. The number of aryl methyl sites for hydroxylation is 1. The lowest BCUT2D eigenvalue weighted by molar-refractivity contribution is 0.261. The second kappa shape index (κ2) is 5.97. The highest BCUT2D eigenvalue weighted by atomic mass is 16.3. The summed E-state index contributed by atoms with van der Waals surface area (Å²) < 4.78 is 1.92. The number of hydrogen-bond donors (Lipinski definition) is 1. The number of nitrogens with zero attached hydrogens (tertiary/aromatic N) is 3. The monoisotopic (exact) mass is 259 g/mol. The Balaban J connectivity index is 2.22. The van der Waals surface area contributed by atoms with E-state index in [1.54, 1.807) is 6.33 Å². The zero-order chi connectivity index (χ0) is 13.8. The van der Waals surface area contributed by atoms with Crippen LogP contribution in [0.15, 0.2) is 30.6 Å². The van der Waals surface area contributed by atoms with E-state index in [2.05, 4.69) is 49.1 Å². The van der Waals surface area contributed by atoms with Gasteiger partial charge >= 0.3 is 0 Å². The molecule has 2 rings (SSSR count). The number of aliphatic hydroxyl groups excluding tert-OH is 1. The third-order valence-corrected chi connectivity index (χ3v) is 3.30. The molecule has 1 unspecified atom stereocenters. The first kappa shape index (κ1) is 13.7. The van der Waals surface area contributed by atoms with E-state index in [1.807, 2.05) is 10.7 Å². The third-order valence-electron chi connectivity index (χ3n) is 3.30. The highest BCUT2D eigenvalue weighted by Gasteiger charge is 2.16. The fraction of sp³-hybridized carbons (Fsp3) is 0.467. The lowest BCUT2D eigenvalue weighted by Gasteiger charge is -2.16. The van der Waals surface area contributed by atoms with Crippen molar-refractivity contribution in [3.8, 4) is 0 Å². The summed E-state index contributed by atoms with van der Waals surface area (Å²) in [6.07, 6.45) is 2.29. The summed E-state index contributed by atoms with van der Waals surface area (Å²) in [5.41, 5.74) is 2.36. The Labute approximate surface area is 114 Å². The molecule has 0 bridgehead atoms. The second-order valence-electron chi connectivity index (χ2n) is 5.21. The summed E-state index contributed by atoms with van der Waals surface area (Å²) >= 11 is 0. The zero-order valence-electron chi connectivity index (χ0n) is 11.7. The van der Waals surface area contributed by atoms with Gasteiger partial charge in [-0.2, -0.15) is 5.10 Å². The minimum Gasteiger partial charge on any atom is -0.396 e. The second-order valence-corrected chi connectivity index (χ2v) is 5.21. The van der Waals surface area contributed by atoms with Gasteiger partial charge in [-0.1, -0.05) is 29.8 Å². The average molecular weight is 259 g/mol. The van der Waals surface area contributed by atoms with E-state index < -0.39 is 0 Å². The standard InChI is InChI=1S/C15H21N3O/c1-11(2)18-15(16-10-17-18)8-14(9-19)13-6-4-5-12(3)7-13/h4-7,10-11,14,19H,8-9H2,1-3H3. The van der Waals surface area contributed by atoms with Crippen molar-refractivity contribution in [2.45, 2.75) is 39.2 Å². The molecule has 0 radical (unpaired) electrons. The molecule has 0 saturated heterocycles. The fourth-order valence-electron chi connectivity index (χ4n) is 2.28. The Morgan fingerprint density at radius 2 is 2.11 bits per heavy atom. The molecule has 0 spiro atoms. The van der Waals surface area contributed by atoms with Gasteiger partial charge in [-0.25, -0.2) is 9.67 Å². The molecule has 4 heteroatoms. The molecule has 0 aliphatic heterocycles. The smallest absolute Gasteiger partial charge is 0.138 e. The summed E-state index contributed by atoms with van der Waals surface area (Å²) in [5, 5.41) is 13.9. The highest BCUT2D eigenvalue weighted by molar-refractivity contribution is 5.26. The lowest BCUT2D eigenvalue weighted by Crippen LogP contribution is -2.14. The largest absolute Gasteiger partial charge is 0.396 e. The van der Waals surface area contributed by atoms with Crippen molar-refractivity contribution in [3.05, 3.63) is 47.5 Å². The molecule has 1 heterocycles. The summed E-state index contributed by atoms with van der Waals surface area (Å²) in [6, 6.07) is 8.56. The maximum absolute atomic E-state index is 9.64. The van der Waals surface area contributed by atoms with Gasteiger partial charge in [0, 0.05) is 18.4 Å². The summed E-state index contributed by atoms with van der Waals surface area (Å²) in [4.78, 5) is 4.31. The van der Waals surface area contributed by atoms with Crippen LogP contribution in [0.25, 0.3) is 0 Å². The molecule has 1 aromatic heterocycles. The summed E-state index contributed by atoms with van der Waals surface area (Å²) in [6.45, 7) is 6.35. The SMILES string of the molecule is Cc1cccc(C(CO)Cc2ncnn2C(C)C)c1. The predicted molar refractivity (Wildman–Crippen MR) is 75.1 cm³/mol. The van der Waals surface area contributed by atoms with E-state index in [-0.39, 0.29) is 18.6 Å². The van der Waals surface area contributed by atoms with Crippen molar-refractivity contribution in [3.63, 3.8) is 0 Å². The molecule has 4 nitrogen and oxygen atoms in total. The number of benzene rings is 1. The molecule has 0 amide bonds. The van der Waals surface area contributed by atoms with Gasteiger partial charge < -0.3 is 5.11 Å². The van der Waals surface area contributed by atoms with Crippen molar-refractivity contribution in [2.75, 3.05) is 6.61 Å². The van der Waals surface area contributed by atoms with E-state index >= 15 is 0 Å². The normalized spacial score (nSPS) is 12.9. The number of aromatic nitrogens is 3. The number of aliphatic hydroxyl groups is 1. The molecular formula is C15H21N3O. The molecule has 0 aliphatic rings. The van der Waals surface area contributed by atoms with Gasteiger partial charge in [-0.05, 0) is 26.3 Å². The van der Waals surface area contributed by atoms with E-state index in [0.29, 0.717) is 6.42 Å². The third kappa shape index (κ3) is 3.20. The molecule has 1 aromatic carbocycles. The molecule has 19 heavy (non-hydrogen) atoms.